The summed E-state index contributed by atoms with van der Waals surface area (Å²) in [6, 6.07) is 77.3. The summed E-state index contributed by atoms with van der Waals surface area (Å²) in [5, 5.41) is 5.65. The Balaban J connectivity index is 0.984. The van der Waals surface area contributed by atoms with Crippen molar-refractivity contribution in [2.45, 2.75) is 0 Å². The summed E-state index contributed by atoms with van der Waals surface area (Å²) in [6.45, 7) is 0. The first-order chi connectivity index (χ1) is 29.8. The van der Waals surface area contributed by atoms with Gasteiger partial charge in [0.05, 0.1) is 16.6 Å². The largest absolute Gasteiger partial charge is 0.456 e. The van der Waals surface area contributed by atoms with Gasteiger partial charge in [-0.3, -0.25) is 4.57 Å². The van der Waals surface area contributed by atoms with Crippen molar-refractivity contribution in [1.82, 2.24) is 4.57 Å². The monoisotopic (exact) mass is 768 g/mol. The molecule has 0 spiro atoms. The Morgan fingerprint density at radius 1 is 0.350 bits per heavy atom. The Morgan fingerprint density at radius 2 is 0.917 bits per heavy atom. The van der Waals surface area contributed by atoms with Crippen molar-refractivity contribution in [2.24, 2.45) is 0 Å². The first-order valence-electron chi connectivity index (χ1n) is 20.3. The van der Waals surface area contributed by atoms with E-state index in [4.69, 9.17) is 8.83 Å². The molecule has 0 N–H and O–H groups in total. The van der Waals surface area contributed by atoms with Crippen LogP contribution < -0.4 is 4.90 Å². The minimum Gasteiger partial charge on any atom is -0.456 e. The highest BCUT2D eigenvalue weighted by atomic mass is 16.3. The number of hydrogen-bond acceptors (Lipinski definition) is 3. The second-order valence-corrected chi connectivity index (χ2v) is 15.3. The second kappa shape index (κ2) is 13.8. The van der Waals surface area contributed by atoms with Gasteiger partial charge in [-0.2, -0.15) is 0 Å². The van der Waals surface area contributed by atoms with Gasteiger partial charge in [0.25, 0.3) is 0 Å². The standard InChI is InChI=1S/C56H36N2O2/c1-3-14-37(15-4-1)38-26-31-42(32-27-38)57(49-22-10-7-18-44(49)45-21-13-25-52-54(45)47-20-9-12-24-51(47)59-52)43-33-28-39(29-34-43)40-30-35-48-53(36-40)60-56-55(48)46-19-8-11-23-50(46)58(56)41-16-5-2-6-17-41/h1-36H. The van der Waals surface area contributed by atoms with Crippen LogP contribution in [-0.2, 0) is 0 Å². The predicted molar refractivity (Wildman–Crippen MR) is 249 cm³/mol. The van der Waals surface area contributed by atoms with Crippen molar-refractivity contribution in [3.63, 3.8) is 0 Å². The van der Waals surface area contributed by atoms with Gasteiger partial charge in [0, 0.05) is 44.2 Å². The number of rotatable bonds is 7. The Hall–Kier alpha value is -8.08. The van der Waals surface area contributed by atoms with Crippen LogP contribution in [0.3, 0.4) is 0 Å². The van der Waals surface area contributed by atoms with Gasteiger partial charge in [0.2, 0.25) is 5.71 Å². The maximum atomic E-state index is 6.76. The van der Waals surface area contributed by atoms with Crippen LogP contribution in [0.1, 0.15) is 0 Å². The molecule has 4 nitrogen and oxygen atoms in total. The summed E-state index contributed by atoms with van der Waals surface area (Å²) in [5.74, 6) is 0. The van der Waals surface area contributed by atoms with Crippen LogP contribution in [0.15, 0.2) is 227 Å². The van der Waals surface area contributed by atoms with E-state index in [-0.39, 0.29) is 0 Å². The summed E-state index contributed by atoms with van der Waals surface area (Å²) >= 11 is 0. The molecule has 0 aliphatic carbocycles. The van der Waals surface area contributed by atoms with Gasteiger partial charge < -0.3 is 13.7 Å². The van der Waals surface area contributed by atoms with Gasteiger partial charge in [0.15, 0.2) is 0 Å². The molecule has 0 saturated carbocycles. The van der Waals surface area contributed by atoms with Crippen LogP contribution in [0.4, 0.5) is 17.1 Å². The van der Waals surface area contributed by atoms with Crippen molar-refractivity contribution in [3.05, 3.63) is 218 Å². The Kier molecular flexibility index (Phi) is 7.82. The number of benzene rings is 9. The lowest BCUT2D eigenvalue weighted by molar-refractivity contribution is 0.645. The van der Waals surface area contributed by atoms with Crippen LogP contribution in [0, 0.1) is 0 Å². The number of fused-ring (bicyclic) bond motifs is 8. The third kappa shape index (κ3) is 5.46. The van der Waals surface area contributed by atoms with Crippen molar-refractivity contribution in [2.75, 3.05) is 4.90 Å². The fourth-order valence-electron chi connectivity index (χ4n) is 9.06. The van der Waals surface area contributed by atoms with Crippen LogP contribution in [0.5, 0.6) is 0 Å². The maximum Gasteiger partial charge on any atom is 0.213 e. The molecule has 0 bridgehead atoms. The molecule has 0 fully saturated rings. The molecule has 0 saturated heterocycles. The number of nitrogens with zero attached hydrogens (tertiary/aromatic N) is 2. The zero-order valence-corrected chi connectivity index (χ0v) is 32.5. The molecule has 0 aliphatic heterocycles. The average Bonchev–Trinajstić information content (AvgIpc) is 3.99. The number of aromatic nitrogens is 1. The molecule has 282 valence electrons. The van der Waals surface area contributed by atoms with Gasteiger partial charge in [-0.1, -0.05) is 146 Å². The normalized spacial score (nSPS) is 11.7. The highest BCUT2D eigenvalue weighted by molar-refractivity contribution is 6.20. The summed E-state index contributed by atoms with van der Waals surface area (Å²) in [6.07, 6.45) is 0. The molecule has 0 aliphatic rings. The molecule has 3 heterocycles. The molecule has 12 aromatic rings. The highest BCUT2D eigenvalue weighted by Gasteiger charge is 2.22. The van der Waals surface area contributed by atoms with E-state index in [2.05, 4.69) is 210 Å². The lowest BCUT2D eigenvalue weighted by Crippen LogP contribution is -2.11. The number of hydrogen-bond donors (Lipinski definition) is 0. The van der Waals surface area contributed by atoms with Gasteiger partial charge in [0.1, 0.15) is 16.7 Å². The zero-order valence-electron chi connectivity index (χ0n) is 32.5. The third-order valence-electron chi connectivity index (χ3n) is 11.8. The van der Waals surface area contributed by atoms with E-state index in [1.165, 1.54) is 16.5 Å². The van der Waals surface area contributed by atoms with Crippen molar-refractivity contribution in [1.29, 1.82) is 0 Å². The summed E-state index contributed by atoms with van der Waals surface area (Å²) in [4.78, 5) is 2.37. The fourth-order valence-corrected chi connectivity index (χ4v) is 9.06. The highest BCUT2D eigenvalue weighted by Crippen LogP contribution is 2.46. The molecule has 12 rings (SSSR count). The van der Waals surface area contributed by atoms with E-state index in [1.807, 2.05) is 18.2 Å². The third-order valence-corrected chi connectivity index (χ3v) is 11.8. The van der Waals surface area contributed by atoms with Crippen LogP contribution in [-0.4, -0.2) is 4.57 Å². The Morgan fingerprint density at radius 3 is 1.70 bits per heavy atom. The summed E-state index contributed by atoms with van der Waals surface area (Å²) in [5.41, 5.74) is 15.7. The van der Waals surface area contributed by atoms with E-state index >= 15 is 0 Å². The molecule has 0 amide bonds. The molecular weight excluding hydrogens is 733 g/mol. The maximum absolute atomic E-state index is 6.76. The van der Waals surface area contributed by atoms with E-state index in [0.29, 0.717) is 0 Å². The van der Waals surface area contributed by atoms with Gasteiger partial charge in [-0.25, -0.2) is 0 Å². The first kappa shape index (κ1) is 34.0. The second-order valence-electron chi connectivity index (χ2n) is 15.3. The topological polar surface area (TPSA) is 34.5 Å². The molecule has 60 heavy (non-hydrogen) atoms. The van der Waals surface area contributed by atoms with Crippen LogP contribution >= 0.6 is 0 Å². The Labute approximate surface area is 346 Å². The molecular formula is C56H36N2O2. The smallest absolute Gasteiger partial charge is 0.213 e. The minimum absolute atomic E-state index is 0.858. The van der Waals surface area contributed by atoms with Crippen LogP contribution in [0.25, 0.3) is 94.0 Å². The minimum atomic E-state index is 0.858. The van der Waals surface area contributed by atoms with Crippen LogP contribution in [0.2, 0.25) is 0 Å². The van der Waals surface area contributed by atoms with Gasteiger partial charge in [-0.05, 0) is 101 Å². The quantitative estimate of drug-likeness (QED) is 0.162. The van der Waals surface area contributed by atoms with Gasteiger partial charge in [-0.15, -0.1) is 0 Å². The van der Waals surface area contributed by atoms with Crippen molar-refractivity contribution < 1.29 is 8.83 Å². The summed E-state index contributed by atoms with van der Waals surface area (Å²) < 4.78 is 15.3. The van der Waals surface area contributed by atoms with E-state index in [0.717, 1.165) is 94.5 Å². The summed E-state index contributed by atoms with van der Waals surface area (Å²) in [7, 11) is 0. The molecule has 3 aromatic heterocycles. The number of para-hydroxylation sites is 4. The fraction of sp³-hybridized carbons (Fsp3) is 0. The Bertz CT molecular complexity index is 3520. The van der Waals surface area contributed by atoms with E-state index in [9.17, 15) is 0 Å². The SMILES string of the molecule is c1ccc(-c2ccc(N(c3ccc(-c4ccc5c(c4)oc4c5c5ccccc5n4-c4ccccc4)cc3)c3ccccc3-c3cccc4oc5ccccc5c34)cc2)cc1. The molecule has 0 radical (unpaired) electrons. The molecule has 9 aromatic carbocycles. The van der Waals surface area contributed by atoms with E-state index in [1.54, 1.807) is 0 Å². The molecule has 0 unspecified atom stereocenters. The number of furan rings is 2. The van der Waals surface area contributed by atoms with Crippen molar-refractivity contribution in [3.8, 4) is 39.1 Å². The zero-order chi connectivity index (χ0) is 39.6. The van der Waals surface area contributed by atoms with E-state index < -0.39 is 0 Å². The molecule has 4 heteroatoms. The predicted octanol–water partition coefficient (Wildman–Crippen LogP) is 15.9. The first-order valence-corrected chi connectivity index (χ1v) is 20.3. The van der Waals surface area contributed by atoms with Crippen molar-refractivity contribution >= 4 is 72.0 Å². The average molecular weight is 769 g/mol. The number of anilines is 3. The lowest BCUT2D eigenvalue weighted by atomic mass is 9.96. The molecule has 0 atom stereocenters. The lowest BCUT2D eigenvalue weighted by Gasteiger charge is -2.28. The van der Waals surface area contributed by atoms with Gasteiger partial charge >= 0.3 is 0 Å².